The van der Waals surface area contributed by atoms with Crippen molar-refractivity contribution < 1.29 is 13.5 Å². The molecule has 0 bridgehead atoms. The number of rotatable bonds is 5. The largest absolute Gasteiger partial charge is 0.433 e. The van der Waals surface area contributed by atoms with Gasteiger partial charge in [-0.3, -0.25) is 0 Å². The van der Waals surface area contributed by atoms with E-state index < -0.39 is 6.61 Å². The van der Waals surface area contributed by atoms with Crippen LogP contribution in [-0.2, 0) is 0 Å². The monoisotopic (exact) mass is 274 g/mol. The van der Waals surface area contributed by atoms with Gasteiger partial charge in [-0.25, -0.2) is 0 Å². The first kappa shape index (κ1) is 14.6. The van der Waals surface area contributed by atoms with E-state index in [2.05, 4.69) is 15.4 Å². The number of alkyl halides is 2. The summed E-state index contributed by atoms with van der Waals surface area (Å²) in [5, 5.41) is 6.18. The number of hydrogen-bond acceptors (Lipinski definition) is 2. The summed E-state index contributed by atoms with van der Waals surface area (Å²) < 4.78 is 29.0. The minimum absolute atomic E-state index is 0.0886. The molecule has 1 aromatic carbocycles. The fourth-order valence-electron chi connectivity index (χ4n) is 1.33. The summed E-state index contributed by atoms with van der Waals surface area (Å²) in [6.45, 7) is 1.68. The van der Waals surface area contributed by atoms with Crippen LogP contribution < -0.4 is 15.4 Å². The molecule has 100 valence electrons. The molecule has 6 heteroatoms. The first-order valence-corrected chi connectivity index (χ1v) is 6.04. The molecule has 2 N–H and O–H groups in total. The average molecular weight is 274 g/mol. The van der Waals surface area contributed by atoms with Crippen LogP contribution in [0.2, 0.25) is 0 Å². The summed E-state index contributed by atoms with van der Waals surface area (Å²) in [6, 6.07) is 4.99. The lowest BCUT2D eigenvalue weighted by molar-refractivity contribution is -0.0493. The lowest BCUT2D eigenvalue weighted by Gasteiger charge is -2.14. The standard InChI is InChI=1S/C12H16F2N2OS/c1-3-6-15-12(18)16-9-5-4-8(2)7-10(9)17-11(13)14/h4-5,7,11H,3,6H2,1-2H3,(H2,15,16,18). The number of halogens is 2. The smallest absolute Gasteiger partial charge is 0.387 e. The number of hydrogen-bond donors (Lipinski definition) is 2. The maximum atomic E-state index is 12.3. The molecule has 0 unspecified atom stereocenters. The van der Waals surface area contributed by atoms with Crippen LogP contribution in [0.3, 0.4) is 0 Å². The van der Waals surface area contributed by atoms with Gasteiger partial charge >= 0.3 is 6.61 Å². The summed E-state index contributed by atoms with van der Waals surface area (Å²) in [4.78, 5) is 0. The molecule has 3 nitrogen and oxygen atoms in total. The molecular formula is C12H16F2N2OS. The van der Waals surface area contributed by atoms with Gasteiger partial charge in [0.1, 0.15) is 5.75 Å². The fourth-order valence-corrected chi connectivity index (χ4v) is 1.54. The van der Waals surface area contributed by atoms with Crippen molar-refractivity contribution in [2.24, 2.45) is 0 Å². The van der Waals surface area contributed by atoms with E-state index in [4.69, 9.17) is 12.2 Å². The van der Waals surface area contributed by atoms with Crippen LogP contribution in [0, 0.1) is 6.92 Å². The first-order valence-electron chi connectivity index (χ1n) is 5.63. The maximum Gasteiger partial charge on any atom is 0.387 e. The van der Waals surface area contributed by atoms with Crippen LogP contribution in [0.25, 0.3) is 0 Å². The summed E-state index contributed by atoms with van der Waals surface area (Å²) in [5.74, 6) is 0.0886. The zero-order valence-corrected chi connectivity index (χ0v) is 11.1. The minimum atomic E-state index is -2.86. The van der Waals surface area contributed by atoms with Crippen LogP contribution in [0.15, 0.2) is 18.2 Å². The maximum absolute atomic E-state index is 12.3. The van der Waals surface area contributed by atoms with Gasteiger partial charge in [0.25, 0.3) is 0 Å². The molecule has 1 rings (SSSR count). The molecule has 0 heterocycles. The van der Waals surface area contributed by atoms with E-state index in [1.807, 2.05) is 6.92 Å². The highest BCUT2D eigenvalue weighted by molar-refractivity contribution is 7.80. The second-order valence-electron chi connectivity index (χ2n) is 3.76. The van der Waals surface area contributed by atoms with Crippen molar-refractivity contribution in [3.63, 3.8) is 0 Å². The molecule has 0 aromatic heterocycles. The van der Waals surface area contributed by atoms with Gasteiger partial charge in [0.05, 0.1) is 5.69 Å². The van der Waals surface area contributed by atoms with Crippen molar-refractivity contribution in [3.8, 4) is 5.75 Å². The molecule has 0 amide bonds. The van der Waals surface area contributed by atoms with Crippen LogP contribution in [0.4, 0.5) is 14.5 Å². The predicted octanol–water partition coefficient (Wildman–Crippen LogP) is 3.29. The summed E-state index contributed by atoms with van der Waals surface area (Å²) >= 11 is 5.04. The van der Waals surface area contributed by atoms with E-state index in [0.717, 1.165) is 18.5 Å². The van der Waals surface area contributed by atoms with Gasteiger partial charge in [0, 0.05) is 6.54 Å². The van der Waals surface area contributed by atoms with Crippen LogP contribution in [-0.4, -0.2) is 18.3 Å². The second kappa shape index (κ2) is 7.10. The summed E-state index contributed by atoms with van der Waals surface area (Å²) in [5.41, 5.74) is 1.26. The highest BCUT2D eigenvalue weighted by Gasteiger charge is 2.10. The molecule has 0 spiro atoms. The average Bonchev–Trinajstić information content (AvgIpc) is 2.29. The lowest BCUT2D eigenvalue weighted by atomic mass is 10.2. The van der Waals surface area contributed by atoms with Crippen molar-refractivity contribution in [3.05, 3.63) is 23.8 Å². The van der Waals surface area contributed by atoms with Crippen molar-refractivity contribution in [1.82, 2.24) is 5.32 Å². The number of ether oxygens (including phenoxy) is 1. The Labute approximate surface area is 111 Å². The first-order chi connectivity index (χ1) is 8.52. The van der Waals surface area contributed by atoms with Gasteiger partial charge in [-0.2, -0.15) is 8.78 Å². The highest BCUT2D eigenvalue weighted by atomic mass is 32.1. The number of benzene rings is 1. The van der Waals surface area contributed by atoms with Gasteiger partial charge in [0.2, 0.25) is 0 Å². The molecule has 0 fully saturated rings. The molecule has 0 radical (unpaired) electrons. The zero-order valence-electron chi connectivity index (χ0n) is 10.3. The Morgan fingerprint density at radius 1 is 1.44 bits per heavy atom. The van der Waals surface area contributed by atoms with Crippen LogP contribution in [0.5, 0.6) is 5.75 Å². The van der Waals surface area contributed by atoms with Crippen molar-refractivity contribution in [1.29, 1.82) is 0 Å². The Bertz CT molecular complexity index is 413. The van der Waals surface area contributed by atoms with Gasteiger partial charge in [0.15, 0.2) is 5.11 Å². The van der Waals surface area contributed by atoms with E-state index in [1.165, 1.54) is 6.07 Å². The van der Waals surface area contributed by atoms with Crippen LogP contribution >= 0.6 is 12.2 Å². The van der Waals surface area contributed by atoms with E-state index in [1.54, 1.807) is 19.1 Å². The predicted molar refractivity (Wildman–Crippen MR) is 72.3 cm³/mol. The number of aryl methyl sites for hydroxylation is 1. The second-order valence-corrected chi connectivity index (χ2v) is 4.17. The van der Waals surface area contributed by atoms with E-state index >= 15 is 0 Å². The molecule has 0 atom stereocenters. The third-order valence-electron chi connectivity index (χ3n) is 2.14. The van der Waals surface area contributed by atoms with Gasteiger partial charge in [-0.05, 0) is 43.3 Å². The third kappa shape index (κ3) is 4.83. The van der Waals surface area contributed by atoms with Gasteiger partial charge in [-0.1, -0.05) is 13.0 Å². The normalized spacial score (nSPS) is 10.3. The Balaban J connectivity index is 2.77. The van der Waals surface area contributed by atoms with Crippen molar-refractivity contribution >= 4 is 23.0 Å². The number of anilines is 1. The van der Waals surface area contributed by atoms with Crippen molar-refractivity contribution in [2.75, 3.05) is 11.9 Å². The van der Waals surface area contributed by atoms with E-state index in [9.17, 15) is 8.78 Å². The van der Waals surface area contributed by atoms with E-state index in [-0.39, 0.29) is 5.75 Å². The highest BCUT2D eigenvalue weighted by Crippen LogP contribution is 2.27. The topological polar surface area (TPSA) is 33.3 Å². The lowest BCUT2D eigenvalue weighted by Crippen LogP contribution is -2.29. The molecule has 0 aliphatic carbocycles. The van der Waals surface area contributed by atoms with Gasteiger partial charge in [-0.15, -0.1) is 0 Å². The van der Waals surface area contributed by atoms with Crippen LogP contribution in [0.1, 0.15) is 18.9 Å². The Morgan fingerprint density at radius 2 is 2.17 bits per heavy atom. The molecule has 0 aliphatic rings. The number of nitrogens with one attached hydrogen (secondary N) is 2. The zero-order chi connectivity index (χ0) is 13.5. The molecule has 0 aliphatic heterocycles. The summed E-state index contributed by atoms with van der Waals surface area (Å²) in [6.07, 6.45) is 0.927. The Kier molecular flexibility index (Phi) is 5.77. The quantitative estimate of drug-likeness (QED) is 0.807. The molecular weight excluding hydrogens is 258 g/mol. The fraction of sp³-hybridized carbons (Fsp3) is 0.417. The SMILES string of the molecule is CCCNC(=S)Nc1ccc(C)cc1OC(F)F. The Hall–Kier alpha value is -1.43. The van der Waals surface area contributed by atoms with Crippen molar-refractivity contribution in [2.45, 2.75) is 26.9 Å². The van der Waals surface area contributed by atoms with E-state index in [0.29, 0.717) is 10.8 Å². The molecule has 0 saturated heterocycles. The molecule has 1 aromatic rings. The minimum Gasteiger partial charge on any atom is -0.433 e. The third-order valence-corrected chi connectivity index (χ3v) is 2.38. The van der Waals surface area contributed by atoms with Gasteiger partial charge < -0.3 is 15.4 Å². The Morgan fingerprint density at radius 3 is 2.78 bits per heavy atom. The summed E-state index contributed by atoms with van der Waals surface area (Å²) in [7, 11) is 0. The number of thiocarbonyl (C=S) groups is 1. The molecule has 18 heavy (non-hydrogen) atoms. The molecule has 0 saturated carbocycles.